The van der Waals surface area contributed by atoms with Gasteiger partial charge in [-0.3, -0.25) is 4.79 Å². The number of carbonyl (C=O) groups excluding carboxylic acids is 1. The molecule has 20 heavy (non-hydrogen) atoms. The average molecular weight is 287 g/mol. The second-order valence-corrected chi connectivity index (χ2v) is 5.35. The van der Waals surface area contributed by atoms with E-state index in [-0.39, 0.29) is 5.91 Å². The van der Waals surface area contributed by atoms with Crippen molar-refractivity contribution in [1.82, 2.24) is 15.5 Å². The van der Waals surface area contributed by atoms with Crippen LogP contribution in [0.5, 0.6) is 0 Å². The Morgan fingerprint density at radius 2 is 2.25 bits per heavy atom. The van der Waals surface area contributed by atoms with Crippen LogP contribution in [-0.2, 0) is 6.54 Å². The van der Waals surface area contributed by atoms with Gasteiger partial charge in [-0.25, -0.2) is 4.98 Å². The number of fused-ring (bicyclic) bond motifs is 1. The molecule has 1 aromatic carbocycles. The van der Waals surface area contributed by atoms with E-state index in [4.69, 9.17) is 4.52 Å². The van der Waals surface area contributed by atoms with Gasteiger partial charge in [-0.15, -0.1) is 11.3 Å². The highest BCUT2D eigenvalue weighted by atomic mass is 32.1. The van der Waals surface area contributed by atoms with Crippen molar-refractivity contribution in [3.8, 4) is 0 Å². The number of rotatable bonds is 3. The third kappa shape index (κ3) is 2.18. The van der Waals surface area contributed by atoms with Gasteiger partial charge < -0.3 is 9.84 Å². The van der Waals surface area contributed by atoms with Gasteiger partial charge in [0.1, 0.15) is 11.3 Å². The maximum atomic E-state index is 12.2. The Morgan fingerprint density at radius 3 is 3.00 bits per heavy atom. The van der Waals surface area contributed by atoms with Gasteiger partial charge in [0, 0.05) is 6.54 Å². The molecule has 1 amide bonds. The molecule has 3 aromatic rings. The smallest absolute Gasteiger partial charge is 0.257 e. The topological polar surface area (TPSA) is 68.0 Å². The molecule has 0 radical (unpaired) electrons. The molecule has 0 spiro atoms. The van der Waals surface area contributed by atoms with E-state index in [1.807, 2.05) is 23.7 Å². The molecule has 0 fully saturated rings. The highest BCUT2D eigenvalue weighted by Crippen LogP contribution is 2.22. The van der Waals surface area contributed by atoms with E-state index < -0.39 is 0 Å². The minimum Gasteiger partial charge on any atom is -0.361 e. The molecule has 0 saturated carbocycles. The first-order valence-corrected chi connectivity index (χ1v) is 7.07. The Bertz CT molecular complexity index is 756. The van der Waals surface area contributed by atoms with Crippen LogP contribution in [-0.4, -0.2) is 16.0 Å². The SMILES string of the molecule is Cc1noc(C)c1C(=O)NCc1cccc2ncsc12. The van der Waals surface area contributed by atoms with Gasteiger partial charge in [0.25, 0.3) is 5.91 Å². The number of carbonyl (C=O) groups is 1. The van der Waals surface area contributed by atoms with Gasteiger partial charge in [0.2, 0.25) is 0 Å². The number of hydrogen-bond acceptors (Lipinski definition) is 5. The van der Waals surface area contributed by atoms with Gasteiger partial charge >= 0.3 is 0 Å². The van der Waals surface area contributed by atoms with Crippen LogP contribution in [0.2, 0.25) is 0 Å². The maximum absolute atomic E-state index is 12.2. The predicted molar refractivity (Wildman–Crippen MR) is 76.8 cm³/mol. The monoisotopic (exact) mass is 287 g/mol. The lowest BCUT2D eigenvalue weighted by Gasteiger charge is -2.05. The third-order valence-corrected chi connectivity index (χ3v) is 4.06. The van der Waals surface area contributed by atoms with Crippen LogP contribution < -0.4 is 5.32 Å². The molecule has 0 aliphatic rings. The highest BCUT2D eigenvalue weighted by Gasteiger charge is 2.17. The third-order valence-electron chi connectivity index (χ3n) is 3.14. The summed E-state index contributed by atoms with van der Waals surface area (Å²) < 4.78 is 6.11. The van der Waals surface area contributed by atoms with Crippen LogP contribution in [0.4, 0.5) is 0 Å². The number of aryl methyl sites for hydroxylation is 2. The van der Waals surface area contributed by atoms with E-state index in [9.17, 15) is 4.79 Å². The Kier molecular flexibility index (Phi) is 3.23. The summed E-state index contributed by atoms with van der Waals surface area (Å²) in [6, 6.07) is 5.90. The van der Waals surface area contributed by atoms with Crippen molar-refractivity contribution in [1.29, 1.82) is 0 Å². The van der Waals surface area contributed by atoms with Gasteiger partial charge in [-0.05, 0) is 25.5 Å². The summed E-state index contributed by atoms with van der Waals surface area (Å²) in [6.45, 7) is 3.95. The molecule has 6 heteroatoms. The molecular weight excluding hydrogens is 274 g/mol. The fourth-order valence-electron chi connectivity index (χ4n) is 2.16. The van der Waals surface area contributed by atoms with Crippen LogP contribution in [0.3, 0.4) is 0 Å². The van der Waals surface area contributed by atoms with E-state index >= 15 is 0 Å². The van der Waals surface area contributed by atoms with Crippen LogP contribution >= 0.6 is 11.3 Å². The summed E-state index contributed by atoms with van der Waals surface area (Å²) in [5.74, 6) is 0.374. The minimum atomic E-state index is -0.164. The number of hydrogen-bond donors (Lipinski definition) is 1. The lowest BCUT2D eigenvalue weighted by molar-refractivity contribution is 0.0949. The summed E-state index contributed by atoms with van der Waals surface area (Å²) in [6.07, 6.45) is 0. The van der Waals surface area contributed by atoms with Crippen molar-refractivity contribution < 1.29 is 9.32 Å². The van der Waals surface area contributed by atoms with Crippen molar-refractivity contribution in [2.75, 3.05) is 0 Å². The molecule has 0 aliphatic heterocycles. The van der Waals surface area contributed by atoms with Crippen molar-refractivity contribution >= 4 is 27.5 Å². The zero-order valence-corrected chi connectivity index (χ0v) is 12.0. The van der Waals surface area contributed by atoms with Gasteiger partial charge in [-0.1, -0.05) is 17.3 Å². The number of benzene rings is 1. The minimum absolute atomic E-state index is 0.164. The van der Waals surface area contributed by atoms with Gasteiger partial charge in [0.05, 0.1) is 21.4 Å². The molecule has 0 aliphatic carbocycles. The van der Waals surface area contributed by atoms with Crippen molar-refractivity contribution in [2.45, 2.75) is 20.4 Å². The number of nitrogens with zero attached hydrogens (tertiary/aromatic N) is 2. The first-order chi connectivity index (χ1) is 9.66. The lowest BCUT2D eigenvalue weighted by Crippen LogP contribution is -2.23. The maximum Gasteiger partial charge on any atom is 0.257 e. The molecule has 0 saturated heterocycles. The van der Waals surface area contributed by atoms with Crippen molar-refractivity contribution in [3.05, 3.63) is 46.3 Å². The number of amides is 1. The average Bonchev–Trinajstić information content (AvgIpc) is 3.03. The van der Waals surface area contributed by atoms with Crippen LogP contribution in [0.25, 0.3) is 10.2 Å². The fraction of sp³-hybridized carbons (Fsp3) is 0.214. The quantitative estimate of drug-likeness (QED) is 0.804. The van der Waals surface area contributed by atoms with E-state index in [0.29, 0.717) is 23.6 Å². The molecule has 5 nitrogen and oxygen atoms in total. The zero-order valence-electron chi connectivity index (χ0n) is 11.1. The fourth-order valence-corrected chi connectivity index (χ4v) is 2.96. The van der Waals surface area contributed by atoms with Gasteiger partial charge in [0.15, 0.2) is 0 Å². The summed E-state index contributed by atoms with van der Waals surface area (Å²) in [4.78, 5) is 16.4. The molecule has 0 atom stereocenters. The Balaban J connectivity index is 1.80. The van der Waals surface area contributed by atoms with Crippen molar-refractivity contribution in [2.24, 2.45) is 0 Å². The summed E-state index contributed by atoms with van der Waals surface area (Å²) in [5, 5.41) is 6.70. The van der Waals surface area contributed by atoms with Crippen LogP contribution in [0, 0.1) is 13.8 Å². The van der Waals surface area contributed by atoms with Crippen molar-refractivity contribution in [3.63, 3.8) is 0 Å². The molecule has 2 aromatic heterocycles. The zero-order chi connectivity index (χ0) is 14.1. The first kappa shape index (κ1) is 12.8. The standard InChI is InChI=1S/C14H13N3O2S/c1-8-12(9(2)19-17-8)14(18)15-6-10-4-3-5-11-13(10)20-7-16-11/h3-5,7H,6H2,1-2H3,(H,15,18). The summed E-state index contributed by atoms with van der Waals surface area (Å²) in [5.41, 5.74) is 4.95. The van der Waals surface area contributed by atoms with E-state index in [2.05, 4.69) is 15.5 Å². The second-order valence-electron chi connectivity index (χ2n) is 4.50. The lowest BCUT2D eigenvalue weighted by atomic mass is 10.1. The predicted octanol–water partition coefficient (Wildman–Crippen LogP) is 2.83. The molecule has 0 bridgehead atoms. The van der Waals surface area contributed by atoms with E-state index in [1.165, 1.54) is 0 Å². The number of thiazole rings is 1. The van der Waals surface area contributed by atoms with E-state index in [0.717, 1.165) is 15.8 Å². The van der Waals surface area contributed by atoms with E-state index in [1.54, 1.807) is 25.2 Å². The molecule has 2 heterocycles. The Hall–Kier alpha value is -2.21. The first-order valence-electron chi connectivity index (χ1n) is 6.19. The van der Waals surface area contributed by atoms with Crippen LogP contribution in [0.1, 0.15) is 27.4 Å². The number of nitrogens with one attached hydrogen (secondary N) is 1. The Morgan fingerprint density at radius 1 is 1.40 bits per heavy atom. The molecule has 0 unspecified atom stereocenters. The molecule has 102 valence electrons. The summed E-state index contributed by atoms with van der Waals surface area (Å²) >= 11 is 1.58. The Labute approximate surface area is 119 Å². The highest BCUT2D eigenvalue weighted by molar-refractivity contribution is 7.16. The van der Waals surface area contributed by atoms with Crippen LogP contribution in [0.15, 0.2) is 28.2 Å². The van der Waals surface area contributed by atoms with Gasteiger partial charge in [-0.2, -0.15) is 0 Å². The molecular formula is C14H13N3O2S. The second kappa shape index (κ2) is 5.05. The summed E-state index contributed by atoms with van der Waals surface area (Å²) in [7, 11) is 0. The number of aromatic nitrogens is 2. The molecule has 3 rings (SSSR count). The largest absolute Gasteiger partial charge is 0.361 e. The molecule has 1 N–H and O–H groups in total. The normalized spacial score (nSPS) is 10.9.